The van der Waals surface area contributed by atoms with Crippen molar-refractivity contribution in [1.82, 2.24) is 5.32 Å². The highest BCUT2D eigenvalue weighted by molar-refractivity contribution is 5.79. The number of Topliss-reactive ketones (excluding diaryl/α,β-unsaturated/α-hetero) is 1. The maximum atomic E-state index is 11.4. The summed E-state index contributed by atoms with van der Waals surface area (Å²) >= 11 is 0. The number of carbonyl (C=O) groups is 1. The zero-order chi connectivity index (χ0) is 12.8. The molecule has 0 amide bonds. The molecule has 0 bridgehead atoms. The first-order valence-corrected chi connectivity index (χ1v) is 6.70. The van der Waals surface area contributed by atoms with Crippen molar-refractivity contribution in [2.24, 2.45) is 0 Å². The van der Waals surface area contributed by atoms with Gasteiger partial charge in [0.05, 0.1) is 0 Å². The Morgan fingerprint density at radius 2 is 1.83 bits per heavy atom. The Balaban J connectivity index is 2.14. The first-order chi connectivity index (χ1) is 8.77. The van der Waals surface area contributed by atoms with Gasteiger partial charge in [0.1, 0.15) is 5.78 Å². The number of aliphatic hydroxyl groups is 1. The molecule has 1 aromatic carbocycles. The molecule has 2 rings (SSSR count). The van der Waals surface area contributed by atoms with E-state index in [1.807, 2.05) is 18.2 Å². The van der Waals surface area contributed by atoms with Gasteiger partial charge in [-0.25, -0.2) is 0 Å². The fourth-order valence-corrected chi connectivity index (χ4v) is 2.69. The van der Waals surface area contributed by atoms with Crippen LogP contribution in [0.15, 0.2) is 30.3 Å². The molecule has 2 N–H and O–H groups in total. The molecule has 0 aromatic heterocycles. The third-order valence-electron chi connectivity index (χ3n) is 3.79. The molecule has 3 heteroatoms. The van der Waals surface area contributed by atoms with Crippen molar-refractivity contribution < 1.29 is 9.90 Å². The van der Waals surface area contributed by atoms with Crippen LogP contribution in [0.3, 0.4) is 0 Å². The summed E-state index contributed by atoms with van der Waals surface area (Å²) in [4.78, 5) is 11.4. The predicted octanol–water partition coefficient (Wildman–Crippen LogP) is 2.00. The molecule has 98 valence electrons. The van der Waals surface area contributed by atoms with Gasteiger partial charge in [-0.05, 0) is 31.4 Å². The van der Waals surface area contributed by atoms with Gasteiger partial charge in [-0.15, -0.1) is 0 Å². The number of hydrogen-bond donors (Lipinski definition) is 2. The van der Waals surface area contributed by atoms with E-state index in [1.165, 1.54) is 5.56 Å². The van der Waals surface area contributed by atoms with Gasteiger partial charge in [-0.1, -0.05) is 30.3 Å². The zero-order valence-corrected chi connectivity index (χ0v) is 10.7. The van der Waals surface area contributed by atoms with E-state index in [0.717, 1.165) is 25.8 Å². The second kappa shape index (κ2) is 6.12. The van der Waals surface area contributed by atoms with Crippen LogP contribution in [0.25, 0.3) is 0 Å². The highest BCUT2D eigenvalue weighted by Gasteiger charge is 2.35. The van der Waals surface area contributed by atoms with Gasteiger partial charge in [0, 0.05) is 25.0 Å². The minimum atomic E-state index is -0.0790. The second-order valence-electron chi connectivity index (χ2n) is 4.99. The zero-order valence-electron chi connectivity index (χ0n) is 10.7. The van der Waals surface area contributed by atoms with Crippen LogP contribution in [0.2, 0.25) is 0 Å². The smallest absolute Gasteiger partial charge is 0.133 e. The van der Waals surface area contributed by atoms with Gasteiger partial charge in [-0.2, -0.15) is 0 Å². The third-order valence-corrected chi connectivity index (χ3v) is 3.79. The van der Waals surface area contributed by atoms with Gasteiger partial charge in [-0.3, -0.25) is 4.79 Å². The van der Waals surface area contributed by atoms with Gasteiger partial charge in [0.15, 0.2) is 0 Å². The van der Waals surface area contributed by atoms with E-state index < -0.39 is 0 Å². The Morgan fingerprint density at radius 1 is 1.17 bits per heavy atom. The van der Waals surface area contributed by atoms with Crippen LogP contribution < -0.4 is 5.32 Å². The van der Waals surface area contributed by atoms with Crippen LogP contribution in [0.1, 0.15) is 37.7 Å². The molecule has 0 spiro atoms. The molecule has 18 heavy (non-hydrogen) atoms. The van der Waals surface area contributed by atoms with Gasteiger partial charge in [0.25, 0.3) is 0 Å². The quantitative estimate of drug-likeness (QED) is 0.782. The van der Waals surface area contributed by atoms with E-state index in [0.29, 0.717) is 18.6 Å². The normalized spacial score (nSPS) is 18.8. The molecule has 3 nitrogen and oxygen atoms in total. The summed E-state index contributed by atoms with van der Waals surface area (Å²) in [6.45, 7) is 0.996. The molecule has 1 aromatic rings. The number of aliphatic hydroxyl groups excluding tert-OH is 1. The number of rotatable bonds is 5. The number of hydrogen-bond acceptors (Lipinski definition) is 3. The van der Waals surface area contributed by atoms with Gasteiger partial charge in [0.2, 0.25) is 0 Å². The van der Waals surface area contributed by atoms with Crippen LogP contribution in [0.4, 0.5) is 0 Å². The minimum Gasteiger partial charge on any atom is -0.396 e. The van der Waals surface area contributed by atoms with Crippen molar-refractivity contribution in [3.05, 3.63) is 35.9 Å². The van der Waals surface area contributed by atoms with Gasteiger partial charge < -0.3 is 10.4 Å². The Kier molecular flexibility index (Phi) is 4.50. The summed E-state index contributed by atoms with van der Waals surface area (Å²) in [5.41, 5.74) is 1.18. The molecule has 0 heterocycles. The number of nitrogens with one attached hydrogen (secondary N) is 1. The van der Waals surface area contributed by atoms with E-state index in [2.05, 4.69) is 17.4 Å². The lowest BCUT2D eigenvalue weighted by molar-refractivity contribution is -0.121. The van der Waals surface area contributed by atoms with E-state index in [-0.39, 0.29) is 12.1 Å². The lowest BCUT2D eigenvalue weighted by Gasteiger charge is -2.38. The Bertz CT molecular complexity index is 379. The van der Waals surface area contributed by atoms with Gasteiger partial charge >= 0.3 is 0 Å². The summed E-state index contributed by atoms with van der Waals surface area (Å²) in [7, 11) is 0. The molecule has 0 atom stereocenters. The molecule has 1 saturated carbocycles. The Morgan fingerprint density at radius 3 is 2.44 bits per heavy atom. The molecule has 1 aliphatic rings. The molecule has 0 saturated heterocycles. The average Bonchev–Trinajstić information content (AvgIpc) is 2.43. The standard InChI is InChI=1S/C15H21NO2/c17-12-4-11-16-15(9-7-14(18)8-10-15)13-5-2-1-3-6-13/h1-3,5-6,16-17H,4,7-12H2. The van der Waals surface area contributed by atoms with Crippen LogP contribution in [0.5, 0.6) is 0 Å². The molecule has 1 fully saturated rings. The maximum absolute atomic E-state index is 11.4. The summed E-state index contributed by atoms with van der Waals surface area (Å²) in [5.74, 6) is 0.366. The van der Waals surface area contributed by atoms with Crippen LogP contribution in [-0.4, -0.2) is 24.0 Å². The molecule has 0 radical (unpaired) electrons. The fourth-order valence-electron chi connectivity index (χ4n) is 2.69. The van der Waals surface area contributed by atoms with E-state index >= 15 is 0 Å². The lowest BCUT2D eigenvalue weighted by atomic mass is 9.76. The van der Waals surface area contributed by atoms with Crippen LogP contribution >= 0.6 is 0 Å². The average molecular weight is 247 g/mol. The lowest BCUT2D eigenvalue weighted by Crippen LogP contribution is -2.46. The summed E-state index contributed by atoms with van der Waals surface area (Å²) in [6.07, 6.45) is 3.78. The van der Waals surface area contributed by atoms with Crippen molar-refractivity contribution in [3.63, 3.8) is 0 Å². The minimum absolute atomic E-state index is 0.0790. The summed E-state index contributed by atoms with van der Waals surface area (Å²) in [5, 5.41) is 12.5. The molecule has 1 aliphatic carbocycles. The maximum Gasteiger partial charge on any atom is 0.133 e. The summed E-state index contributed by atoms with van der Waals surface area (Å²) in [6, 6.07) is 10.4. The fraction of sp³-hybridized carbons (Fsp3) is 0.533. The summed E-state index contributed by atoms with van der Waals surface area (Å²) < 4.78 is 0. The van der Waals surface area contributed by atoms with Crippen LogP contribution in [0, 0.1) is 0 Å². The third kappa shape index (κ3) is 2.98. The predicted molar refractivity (Wildman–Crippen MR) is 71.3 cm³/mol. The number of ketones is 1. The monoisotopic (exact) mass is 247 g/mol. The van der Waals surface area contributed by atoms with E-state index in [1.54, 1.807) is 0 Å². The highest BCUT2D eigenvalue weighted by atomic mass is 16.3. The first kappa shape index (κ1) is 13.2. The SMILES string of the molecule is O=C1CCC(NCCCO)(c2ccccc2)CC1. The molecular weight excluding hydrogens is 226 g/mol. The van der Waals surface area contributed by atoms with Crippen molar-refractivity contribution in [2.75, 3.05) is 13.2 Å². The van der Waals surface area contributed by atoms with Crippen molar-refractivity contribution in [3.8, 4) is 0 Å². The Labute approximate surface area is 108 Å². The van der Waals surface area contributed by atoms with E-state index in [9.17, 15) is 4.79 Å². The second-order valence-corrected chi connectivity index (χ2v) is 4.99. The number of carbonyl (C=O) groups excluding carboxylic acids is 1. The van der Waals surface area contributed by atoms with Crippen molar-refractivity contribution in [2.45, 2.75) is 37.6 Å². The van der Waals surface area contributed by atoms with E-state index in [4.69, 9.17) is 5.11 Å². The number of benzene rings is 1. The molecular formula is C15H21NO2. The molecule has 0 aliphatic heterocycles. The molecule has 0 unspecified atom stereocenters. The topological polar surface area (TPSA) is 49.3 Å². The van der Waals surface area contributed by atoms with Crippen molar-refractivity contribution in [1.29, 1.82) is 0 Å². The highest BCUT2D eigenvalue weighted by Crippen LogP contribution is 2.35. The van der Waals surface area contributed by atoms with Crippen LogP contribution in [-0.2, 0) is 10.3 Å². The Hall–Kier alpha value is -1.19. The first-order valence-electron chi connectivity index (χ1n) is 6.70. The van der Waals surface area contributed by atoms with Crippen molar-refractivity contribution >= 4 is 5.78 Å². The largest absolute Gasteiger partial charge is 0.396 e.